The number of hydrogen-bond donors (Lipinski definition) is 2. The van der Waals surface area contributed by atoms with Gasteiger partial charge in [0.15, 0.2) is 0 Å². The van der Waals surface area contributed by atoms with Gasteiger partial charge in [-0.25, -0.2) is 0 Å². The van der Waals surface area contributed by atoms with Crippen LogP contribution in [-0.2, 0) is 4.74 Å². The standard InChI is InChI=1S/C12H23NO2/c1-11(2)5-6-12(13,8-14)7-10(11)15-9-3-4-9/h9-10,14H,3-8,13H2,1-2H3. The SMILES string of the molecule is CC1(C)CCC(N)(CO)CC1OC1CC1. The fourth-order valence-electron chi connectivity index (χ4n) is 2.29. The molecule has 0 bridgehead atoms. The minimum absolute atomic E-state index is 0.0770. The lowest BCUT2D eigenvalue weighted by Crippen LogP contribution is -2.54. The molecular weight excluding hydrogens is 190 g/mol. The molecule has 0 spiro atoms. The Kier molecular flexibility index (Phi) is 2.82. The first-order chi connectivity index (χ1) is 6.95. The smallest absolute Gasteiger partial charge is 0.0648 e. The average molecular weight is 213 g/mol. The molecule has 2 saturated carbocycles. The Balaban J connectivity index is 2.01. The second-order valence-electron chi connectivity index (χ2n) is 6.04. The molecule has 2 aliphatic rings. The molecule has 15 heavy (non-hydrogen) atoms. The predicted octanol–water partition coefficient (Wildman–Crippen LogP) is 1.43. The minimum atomic E-state index is -0.408. The number of aliphatic hydroxyl groups is 1. The Bertz CT molecular complexity index is 238. The van der Waals surface area contributed by atoms with Crippen molar-refractivity contribution in [3.63, 3.8) is 0 Å². The Hall–Kier alpha value is -0.120. The van der Waals surface area contributed by atoms with Crippen LogP contribution in [0.2, 0.25) is 0 Å². The van der Waals surface area contributed by atoms with E-state index in [1.165, 1.54) is 12.8 Å². The van der Waals surface area contributed by atoms with Crippen LogP contribution in [-0.4, -0.2) is 29.5 Å². The molecule has 3 heteroatoms. The van der Waals surface area contributed by atoms with E-state index in [-0.39, 0.29) is 18.1 Å². The summed E-state index contributed by atoms with van der Waals surface area (Å²) in [5, 5.41) is 9.31. The van der Waals surface area contributed by atoms with Gasteiger partial charge in [-0.15, -0.1) is 0 Å². The zero-order valence-corrected chi connectivity index (χ0v) is 9.83. The molecule has 0 aromatic heterocycles. The van der Waals surface area contributed by atoms with Crippen LogP contribution in [0, 0.1) is 5.41 Å². The molecule has 2 rings (SSSR count). The minimum Gasteiger partial charge on any atom is -0.394 e. The highest BCUT2D eigenvalue weighted by atomic mass is 16.5. The van der Waals surface area contributed by atoms with Gasteiger partial charge in [-0.1, -0.05) is 13.8 Å². The highest BCUT2D eigenvalue weighted by Crippen LogP contribution is 2.43. The monoisotopic (exact) mass is 213 g/mol. The van der Waals surface area contributed by atoms with Gasteiger partial charge < -0.3 is 15.6 Å². The van der Waals surface area contributed by atoms with Crippen molar-refractivity contribution in [1.82, 2.24) is 0 Å². The highest BCUT2D eigenvalue weighted by Gasteiger charge is 2.44. The lowest BCUT2D eigenvalue weighted by atomic mass is 9.68. The van der Waals surface area contributed by atoms with Gasteiger partial charge in [0.05, 0.1) is 18.8 Å². The first kappa shape index (κ1) is 11.4. The summed E-state index contributed by atoms with van der Waals surface area (Å²) in [5.74, 6) is 0. The first-order valence-electron chi connectivity index (χ1n) is 6.00. The topological polar surface area (TPSA) is 55.5 Å². The van der Waals surface area contributed by atoms with Gasteiger partial charge >= 0.3 is 0 Å². The van der Waals surface area contributed by atoms with Crippen LogP contribution in [0.25, 0.3) is 0 Å². The number of nitrogens with two attached hydrogens (primary N) is 1. The largest absolute Gasteiger partial charge is 0.394 e. The van der Waals surface area contributed by atoms with E-state index in [2.05, 4.69) is 13.8 Å². The molecule has 0 heterocycles. The number of ether oxygens (including phenoxy) is 1. The molecule has 3 nitrogen and oxygen atoms in total. The van der Waals surface area contributed by atoms with E-state index in [4.69, 9.17) is 10.5 Å². The molecule has 2 fully saturated rings. The van der Waals surface area contributed by atoms with E-state index < -0.39 is 5.54 Å². The molecule has 3 N–H and O–H groups in total. The van der Waals surface area contributed by atoms with E-state index >= 15 is 0 Å². The summed E-state index contributed by atoms with van der Waals surface area (Å²) in [6, 6.07) is 0. The van der Waals surface area contributed by atoms with Crippen molar-refractivity contribution < 1.29 is 9.84 Å². The van der Waals surface area contributed by atoms with Crippen molar-refractivity contribution in [2.24, 2.45) is 11.1 Å². The lowest BCUT2D eigenvalue weighted by Gasteiger charge is -2.46. The number of hydrogen-bond acceptors (Lipinski definition) is 3. The summed E-state index contributed by atoms with van der Waals surface area (Å²) in [5.41, 5.74) is 5.94. The van der Waals surface area contributed by atoms with Gasteiger partial charge in [-0.3, -0.25) is 0 Å². The molecule has 88 valence electrons. The summed E-state index contributed by atoms with van der Waals surface area (Å²) >= 11 is 0. The summed E-state index contributed by atoms with van der Waals surface area (Å²) in [7, 11) is 0. The molecule has 2 unspecified atom stereocenters. The zero-order valence-electron chi connectivity index (χ0n) is 9.83. The van der Waals surface area contributed by atoms with Gasteiger partial charge in [-0.05, 0) is 37.5 Å². The molecule has 0 aromatic rings. The molecule has 0 aromatic carbocycles. The second-order valence-corrected chi connectivity index (χ2v) is 6.04. The highest BCUT2D eigenvalue weighted by molar-refractivity contribution is 4.99. The third kappa shape index (κ3) is 2.52. The Morgan fingerprint density at radius 1 is 1.33 bits per heavy atom. The van der Waals surface area contributed by atoms with Crippen molar-refractivity contribution in [1.29, 1.82) is 0 Å². The number of aliphatic hydroxyl groups excluding tert-OH is 1. The van der Waals surface area contributed by atoms with Crippen LogP contribution in [0.3, 0.4) is 0 Å². The predicted molar refractivity (Wildman–Crippen MR) is 59.5 cm³/mol. The average Bonchev–Trinajstić information content (AvgIpc) is 2.96. The van der Waals surface area contributed by atoms with Crippen LogP contribution in [0.1, 0.15) is 46.0 Å². The number of rotatable bonds is 3. The molecule has 0 radical (unpaired) electrons. The fourth-order valence-corrected chi connectivity index (χ4v) is 2.29. The quantitative estimate of drug-likeness (QED) is 0.745. The molecule has 0 aliphatic heterocycles. The molecule has 0 saturated heterocycles. The van der Waals surface area contributed by atoms with Crippen molar-refractivity contribution in [2.45, 2.75) is 63.7 Å². The van der Waals surface area contributed by atoms with Gasteiger partial charge in [0.2, 0.25) is 0 Å². The zero-order chi connectivity index (χ0) is 11.1. The second kappa shape index (κ2) is 3.72. The molecule has 2 aliphatic carbocycles. The van der Waals surface area contributed by atoms with Crippen LogP contribution < -0.4 is 5.73 Å². The maximum Gasteiger partial charge on any atom is 0.0648 e. The van der Waals surface area contributed by atoms with Crippen molar-refractivity contribution >= 4 is 0 Å². The third-order valence-electron chi connectivity index (χ3n) is 3.93. The molecular formula is C12H23NO2. The molecule has 0 amide bonds. The van der Waals surface area contributed by atoms with Gasteiger partial charge in [-0.2, -0.15) is 0 Å². The van der Waals surface area contributed by atoms with Crippen molar-refractivity contribution in [2.75, 3.05) is 6.61 Å². The maximum absolute atomic E-state index is 9.31. The first-order valence-corrected chi connectivity index (χ1v) is 6.00. The van der Waals surface area contributed by atoms with Gasteiger partial charge in [0, 0.05) is 5.54 Å². The fraction of sp³-hybridized carbons (Fsp3) is 1.00. The van der Waals surface area contributed by atoms with Crippen molar-refractivity contribution in [3.8, 4) is 0 Å². The Labute approximate surface area is 92.0 Å². The lowest BCUT2D eigenvalue weighted by molar-refractivity contribution is -0.0851. The summed E-state index contributed by atoms with van der Waals surface area (Å²) in [6.07, 6.45) is 5.83. The third-order valence-corrected chi connectivity index (χ3v) is 3.93. The summed E-state index contributed by atoms with van der Waals surface area (Å²) in [4.78, 5) is 0. The van der Waals surface area contributed by atoms with Crippen LogP contribution >= 0.6 is 0 Å². The summed E-state index contributed by atoms with van der Waals surface area (Å²) < 4.78 is 6.02. The van der Waals surface area contributed by atoms with E-state index in [9.17, 15) is 5.11 Å². The normalized spacial score (nSPS) is 40.4. The van der Waals surface area contributed by atoms with Crippen LogP contribution in [0.4, 0.5) is 0 Å². The van der Waals surface area contributed by atoms with Gasteiger partial charge in [0.1, 0.15) is 0 Å². The molecule has 2 atom stereocenters. The van der Waals surface area contributed by atoms with Gasteiger partial charge in [0.25, 0.3) is 0 Å². The van der Waals surface area contributed by atoms with E-state index in [0.29, 0.717) is 6.10 Å². The Morgan fingerprint density at radius 2 is 2.00 bits per heavy atom. The van der Waals surface area contributed by atoms with Crippen molar-refractivity contribution in [3.05, 3.63) is 0 Å². The Morgan fingerprint density at radius 3 is 2.53 bits per heavy atom. The maximum atomic E-state index is 9.31. The van der Waals surface area contributed by atoms with Crippen LogP contribution in [0.15, 0.2) is 0 Å². The van der Waals surface area contributed by atoms with Crippen LogP contribution in [0.5, 0.6) is 0 Å². The van der Waals surface area contributed by atoms with E-state index in [1.807, 2.05) is 0 Å². The van der Waals surface area contributed by atoms with E-state index in [1.54, 1.807) is 0 Å². The summed E-state index contributed by atoms with van der Waals surface area (Å²) in [6.45, 7) is 4.57. The van der Waals surface area contributed by atoms with E-state index in [0.717, 1.165) is 19.3 Å².